The van der Waals surface area contributed by atoms with Crippen molar-refractivity contribution in [3.63, 3.8) is 0 Å². The average molecular weight is 236 g/mol. The number of ether oxygens (including phenoxy) is 1. The van der Waals surface area contributed by atoms with E-state index in [2.05, 4.69) is 27.7 Å². The standard InChI is InChI=1S/C15H24O2/c1-9(2)15-6-5-14(4,17-15)13-11(8-15)10(3)7-12(13)16/h9-11,13H,5-8H2,1-4H3/t10-,11-,13-,14+,15-/m0/s1. The highest BCUT2D eigenvalue weighted by molar-refractivity contribution is 5.85. The van der Waals surface area contributed by atoms with Gasteiger partial charge in [-0.05, 0) is 43.9 Å². The first-order valence-corrected chi connectivity index (χ1v) is 7.11. The highest BCUT2D eigenvalue weighted by atomic mass is 16.5. The molecule has 0 aromatic rings. The fraction of sp³-hybridized carbons (Fsp3) is 0.933. The zero-order chi connectivity index (χ0) is 12.4. The lowest BCUT2D eigenvalue weighted by molar-refractivity contribution is -0.195. The number of ketones is 1. The van der Waals surface area contributed by atoms with Crippen molar-refractivity contribution in [3.05, 3.63) is 0 Å². The Bertz CT molecular complexity index is 362. The average Bonchev–Trinajstić information content (AvgIpc) is 2.66. The van der Waals surface area contributed by atoms with Gasteiger partial charge in [0.1, 0.15) is 5.78 Å². The third-order valence-corrected chi connectivity index (χ3v) is 5.80. The van der Waals surface area contributed by atoms with E-state index in [4.69, 9.17) is 4.74 Å². The summed E-state index contributed by atoms with van der Waals surface area (Å²) in [4.78, 5) is 12.2. The van der Waals surface area contributed by atoms with Crippen LogP contribution in [0.3, 0.4) is 0 Å². The van der Waals surface area contributed by atoms with Crippen LogP contribution >= 0.6 is 0 Å². The Morgan fingerprint density at radius 1 is 1.35 bits per heavy atom. The molecule has 5 atom stereocenters. The van der Waals surface area contributed by atoms with Crippen LogP contribution in [0.4, 0.5) is 0 Å². The van der Waals surface area contributed by atoms with Crippen molar-refractivity contribution in [1.29, 1.82) is 0 Å². The molecule has 2 saturated heterocycles. The van der Waals surface area contributed by atoms with Crippen molar-refractivity contribution in [2.45, 2.75) is 64.6 Å². The minimum Gasteiger partial charge on any atom is -0.368 e. The summed E-state index contributed by atoms with van der Waals surface area (Å²) in [7, 11) is 0. The molecule has 2 heterocycles. The van der Waals surface area contributed by atoms with E-state index in [9.17, 15) is 4.79 Å². The van der Waals surface area contributed by atoms with E-state index < -0.39 is 0 Å². The normalized spacial score (nSPS) is 53.2. The Balaban J connectivity index is 2.00. The van der Waals surface area contributed by atoms with Gasteiger partial charge in [-0.15, -0.1) is 0 Å². The second-order valence-corrected chi connectivity index (χ2v) is 7.13. The summed E-state index contributed by atoms with van der Waals surface area (Å²) in [5.41, 5.74) is -0.0934. The summed E-state index contributed by atoms with van der Waals surface area (Å²) < 4.78 is 6.45. The van der Waals surface area contributed by atoms with Gasteiger partial charge in [0.05, 0.1) is 11.2 Å². The van der Waals surface area contributed by atoms with Crippen molar-refractivity contribution in [1.82, 2.24) is 0 Å². The lowest BCUT2D eigenvalue weighted by Gasteiger charge is -2.48. The SMILES string of the molecule is CC(C)[C@@]12CC[C@@](C)(O1)[C@@H]1C(=O)C[C@H](C)[C@@H]1C2. The zero-order valence-corrected chi connectivity index (χ0v) is 11.5. The van der Waals surface area contributed by atoms with Gasteiger partial charge in [0.25, 0.3) is 0 Å². The van der Waals surface area contributed by atoms with Crippen LogP contribution in [0.1, 0.15) is 53.4 Å². The second kappa shape index (κ2) is 3.34. The van der Waals surface area contributed by atoms with Crippen LogP contribution in [0.2, 0.25) is 0 Å². The van der Waals surface area contributed by atoms with Gasteiger partial charge < -0.3 is 4.74 Å². The molecule has 0 N–H and O–H groups in total. The molecule has 2 heteroatoms. The Hall–Kier alpha value is -0.370. The molecule has 3 fully saturated rings. The van der Waals surface area contributed by atoms with Gasteiger partial charge in [-0.3, -0.25) is 4.79 Å². The Labute approximate surface area is 104 Å². The van der Waals surface area contributed by atoms with Gasteiger partial charge in [0.15, 0.2) is 0 Å². The molecule has 0 aromatic heterocycles. The van der Waals surface area contributed by atoms with Crippen molar-refractivity contribution < 1.29 is 9.53 Å². The number of Topliss-reactive ketones (excluding diaryl/α,β-unsaturated/α-hetero) is 1. The first kappa shape index (κ1) is 11.7. The molecule has 0 unspecified atom stereocenters. The number of carbonyl (C=O) groups excluding carboxylic acids is 1. The molecule has 0 radical (unpaired) electrons. The molecule has 0 spiro atoms. The van der Waals surface area contributed by atoms with E-state index in [1.54, 1.807) is 0 Å². The maximum absolute atomic E-state index is 12.2. The highest BCUT2D eigenvalue weighted by Gasteiger charge is 2.63. The fourth-order valence-electron chi connectivity index (χ4n) is 4.71. The molecule has 2 nitrogen and oxygen atoms in total. The van der Waals surface area contributed by atoms with Crippen molar-refractivity contribution >= 4 is 5.78 Å². The molecule has 0 amide bonds. The molecule has 3 aliphatic rings. The fourth-order valence-corrected chi connectivity index (χ4v) is 4.71. The van der Waals surface area contributed by atoms with E-state index in [1.807, 2.05) is 0 Å². The topological polar surface area (TPSA) is 26.3 Å². The molecule has 2 bridgehead atoms. The van der Waals surface area contributed by atoms with Crippen molar-refractivity contribution in [2.75, 3.05) is 0 Å². The monoisotopic (exact) mass is 236 g/mol. The summed E-state index contributed by atoms with van der Waals surface area (Å²) in [5.74, 6) is 2.35. The molecule has 2 aliphatic heterocycles. The van der Waals surface area contributed by atoms with Crippen LogP contribution in [-0.2, 0) is 9.53 Å². The van der Waals surface area contributed by atoms with Gasteiger partial charge in [-0.1, -0.05) is 20.8 Å². The van der Waals surface area contributed by atoms with Crippen LogP contribution in [0.5, 0.6) is 0 Å². The molecular formula is C15H24O2. The first-order valence-electron chi connectivity index (χ1n) is 7.11. The molecule has 0 aromatic carbocycles. The maximum Gasteiger partial charge on any atom is 0.139 e. The van der Waals surface area contributed by atoms with Crippen LogP contribution < -0.4 is 0 Å². The van der Waals surface area contributed by atoms with E-state index in [1.165, 1.54) is 0 Å². The summed E-state index contributed by atoms with van der Waals surface area (Å²) >= 11 is 0. The second-order valence-electron chi connectivity index (χ2n) is 7.13. The summed E-state index contributed by atoms with van der Waals surface area (Å²) in [6.07, 6.45) is 4.11. The third kappa shape index (κ3) is 1.39. The number of fused-ring (bicyclic) bond motifs is 4. The minimum atomic E-state index is -0.158. The van der Waals surface area contributed by atoms with Gasteiger partial charge in [0.2, 0.25) is 0 Å². The largest absolute Gasteiger partial charge is 0.368 e. The van der Waals surface area contributed by atoms with Crippen LogP contribution in [-0.4, -0.2) is 17.0 Å². The van der Waals surface area contributed by atoms with Crippen LogP contribution in [0, 0.1) is 23.7 Å². The van der Waals surface area contributed by atoms with Crippen LogP contribution in [0.25, 0.3) is 0 Å². The van der Waals surface area contributed by atoms with Crippen molar-refractivity contribution in [3.8, 4) is 0 Å². The van der Waals surface area contributed by atoms with E-state index in [-0.39, 0.29) is 17.1 Å². The lowest BCUT2D eigenvalue weighted by atomic mass is 9.72. The molecular weight excluding hydrogens is 212 g/mol. The van der Waals surface area contributed by atoms with E-state index >= 15 is 0 Å². The maximum atomic E-state index is 12.2. The predicted molar refractivity (Wildman–Crippen MR) is 66.7 cm³/mol. The number of carbonyl (C=O) groups is 1. The number of hydrogen-bond acceptors (Lipinski definition) is 2. The number of hydrogen-bond donors (Lipinski definition) is 0. The smallest absolute Gasteiger partial charge is 0.139 e. The third-order valence-electron chi connectivity index (χ3n) is 5.80. The molecule has 3 rings (SSSR count). The molecule has 17 heavy (non-hydrogen) atoms. The van der Waals surface area contributed by atoms with Gasteiger partial charge in [0, 0.05) is 12.3 Å². The van der Waals surface area contributed by atoms with E-state index in [0.29, 0.717) is 23.5 Å². The summed E-state index contributed by atoms with van der Waals surface area (Å²) in [5, 5.41) is 0. The summed E-state index contributed by atoms with van der Waals surface area (Å²) in [6, 6.07) is 0. The Morgan fingerprint density at radius 3 is 2.71 bits per heavy atom. The molecule has 96 valence electrons. The van der Waals surface area contributed by atoms with Crippen molar-refractivity contribution in [2.24, 2.45) is 23.7 Å². The highest BCUT2D eigenvalue weighted by Crippen LogP contribution is 2.60. The molecule has 1 aliphatic carbocycles. The Morgan fingerprint density at radius 2 is 2.06 bits per heavy atom. The van der Waals surface area contributed by atoms with Gasteiger partial charge in [-0.25, -0.2) is 0 Å². The van der Waals surface area contributed by atoms with E-state index in [0.717, 1.165) is 25.7 Å². The first-order chi connectivity index (χ1) is 7.88. The van der Waals surface area contributed by atoms with Gasteiger partial charge >= 0.3 is 0 Å². The summed E-state index contributed by atoms with van der Waals surface area (Å²) in [6.45, 7) is 8.98. The number of rotatable bonds is 1. The van der Waals surface area contributed by atoms with Gasteiger partial charge in [-0.2, -0.15) is 0 Å². The predicted octanol–water partition coefficient (Wildman–Crippen LogP) is 3.20. The minimum absolute atomic E-state index is 0.0643. The Kier molecular flexibility index (Phi) is 2.30. The zero-order valence-electron chi connectivity index (χ0n) is 11.5. The van der Waals surface area contributed by atoms with Crippen LogP contribution in [0.15, 0.2) is 0 Å². The quantitative estimate of drug-likeness (QED) is 0.699. The lowest BCUT2D eigenvalue weighted by Crippen LogP contribution is -2.52. The molecule has 1 saturated carbocycles.